The molecule has 0 saturated heterocycles. The topological polar surface area (TPSA) is 29.5 Å². The Hall–Kier alpha value is -1.58. The van der Waals surface area contributed by atoms with Crippen molar-refractivity contribution in [3.63, 3.8) is 0 Å². The van der Waals surface area contributed by atoms with Crippen molar-refractivity contribution >= 4 is 11.6 Å². The van der Waals surface area contributed by atoms with Crippen LogP contribution in [0.1, 0.15) is 6.92 Å². The van der Waals surface area contributed by atoms with Gasteiger partial charge in [0, 0.05) is 13.1 Å². The summed E-state index contributed by atoms with van der Waals surface area (Å²) in [6.45, 7) is 2.13. The molecule has 1 aromatic rings. The molecule has 1 unspecified atom stereocenters. The SMILES string of the molecule is CC1COc2ccc(F)cc2N(C)C1=O. The Morgan fingerprint density at radius 1 is 1.53 bits per heavy atom. The summed E-state index contributed by atoms with van der Waals surface area (Å²) in [7, 11) is 1.63. The van der Waals surface area contributed by atoms with Crippen LogP contribution in [0.5, 0.6) is 5.75 Å². The Morgan fingerprint density at radius 2 is 2.27 bits per heavy atom. The third-order valence-corrected chi connectivity index (χ3v) is 2.52. The number of amides is 1. The highest BCUT2D eigenvalue weighted by atomic mass is 19.1. The number of ether oxygens (including phenoxy) is 1. The summed E-state index contributed by atoms with van der Waals surface area (Å²) in [4.78, 5) is 13.2. The molecule has 0 N–H and O–H groups in total. The van der Waals surface area contributed by atoms with Crippen molar-refractivity contribution in [1.82, 2.24) is 0 Å². The number of halogens is 1. The van der Waals surface area contributed by atoms with Gasteiger partial charge in [-0.15, -0.1) is 0 Å². The highest BCUT2D eigenvalue weighted by molar-refractivity contribution is 5.96. The lowest BCUT2D eigenvalue weighted by Crippen LogP contribution is -2.31. The fourth-order valence-corrected chi connectivity index (χ4v) is 1.61. The van der Waals surface area contributed by atoms with E-state index in [1.54, 1.807) is 20.0 Å². The van der Waals surface area contributed by atoms with Crippen molar-refractivity contribution < 1.29 is 13.9 Å². The number of carbonyl (C=O) groups is 1. The lowest BCUT2D eigenvalue weighted by molar-refractivity contribution is -0.122. The number of hydrogen-bond acceptors (Lipinski definition) is 2. The van der Waals surface area contributed by atoms with Gasteiger partial charge in [0.25, 0.3) is 0 Å². The zero-order valence-electron chi connectivity index (χ0n) is 8.66. The highest BCUT2D eigenvalue weighted by Crippen LogP contribution is 2.32. The number of anilines is 1. The molecule has 1 aliphatic heterocycles. The van der Waals surface area contributed by atoms with Crippen LogP contribution in [-0.2, 0) is 4.79 Å². The summed E-state index contributed by atoms with van der Waals surface area (Å²) >= 11 is 0. The van der Waals surface area contributed by atoms with E-state index in [9.17, 15) is 9.18 Å². The number of carbonyl (C=O) groups excluding carboxylic acids is 1. The van der Waals surface area contributed by atoms with Crippen molar-refractivity contribution in [2.45, 2.75) is 6.92 Å². The molecule has 0 fully saturated rings. The van der Waals surface area contributed by atoms with Crippen molar-refractivity contribution in [3.8, 4) is 5.75 Å². The molecule has 15 heavy (non-hydrogen) atoms. The van der Waals surface area contributed by atoms with Crippen LogP contribution in [-0.4, -0.2) is 19.6 Å². The lowest BCUT2D eigenvalue weighted by atomic mass is 10.1. The maximum atomic E-state index is 13.0. The van der Waals surface area contributed by atoms with Gasteiger partial charge in [-0.1, -0.05) is 6.92 Å². The number of hydrogen-bond donors (Lipinski definition) is 0. The third kappa shape index (κ3) is 1.67. The van der Waals surface area contributed by atoms with Gasteiger partial charge in [-0.25, -0.2) is 4.39 Å². The van der Waals surface area contributed by atoms with Gasteiger partial charge in [-0.2, -0.15) is 0 Å². The Kier molecular flexibility index (Phi) is 2.34. The first-order chi connectivity index (χ1) is 7.09. The van der Waals surface area contributed by atoms with E-state index in [1.807, 2.05) is 0 Å². The summed E-state index contributed by atoms with van der Waals surface area (Å²) < 4.78 is 18.5. The fourth-order valence-electron chi connectivity index (χ4n) is 1.61. The van der Waals surface area contributed by atoms with Gasteiger partial charge >= 0.3 is 0 Å². The van der Waals surface area contributed by atoms with Gasteiger partial charge in [0.2, 0.25) is 5.91 Å². The number of nitrogens with zero attached hydrogens (tertiary/aromatic N) is 1. The van der Waals surface area contributed by atoms with Crippen LogP contribution in [0.3, 0.4) is 0 Å². The predicted octanol–water partition coefficient (Wildman–Crippen LogP) is 1.82. The standard InChI is InChI=1S/C11H12FNO2/c1-7-6-15-10-4-3-8(12)5-9(10)13(2)11(7)14/h3-5,7H,6H2,1-2H3. The van der Waals surface area contributed by atoms with Crippen LogP contribution < -0.4 is 9.64 Å². The predicted molar refractivity (Wildman–Crippen MR) is 54.5 cm³/mol. The first-order valence-corrected chi connectivity index (χ1v) is 4.79. The monoisotopic (exact) mass is 209 g/mol. The second-order valence-corrected chi connectivity index (χ2v) is 3.72. The number of fused-ring (bicyclic) bond motifs is 1. The van der Waals surface area contributed by atoms with Gasteiger partial charge < -0.3 is 9.64 Å². The van der Waals surface area contributed by atoms with Gasteiger partial charge in [0.1, 0.15) is 11.6 Å². The fraction of sp³-hybridized carbons (Fsp3) is 0.364. The van der Waals surface area contributed by atoms with Gasteiger partial charge in [0.15, 0.2) is 0 Å². The molecule has 2 rings (SSSR count). The van der Waals surface area contributed by atoms with Crippen LogP contribution in [0.25, 0.3) is 0 Å². The number of benzene rings is 1. The van der Waals surface area contributed by atoms with E-state index in [1.165, 1.54) is 17.0 Å². The molecule has 1 atom stereocenters. The molecule has 0 bridgehead atoms. The molecule has 1 heterocycles. The summed E-state index contributed by atoms with van der Waals surface area (Å²) in [5, 5.41) is 0. The molecular formula is C11H12FNO2. The molecule has 1 amide bonds. The van der Waals surface area contributed by atoms with Crippen molar-refractivity contribution in [1.29, 1.82) is 0 Å². The van der Waals surface area contributed by atoms with Crippen LogP contribution in [0.15, 0.2) is 18.2 Å². The minimum atomic E-state index is -0.369. The summed E-state index contributed by atoms with van der Waals surface area (Å²) in [6.07, 6.45) is 0. The van der Waals surface area contributed by atoms with E-state index >= 15 is 0 Å². The van der Waals surface area contributed by atoms with E-state index in [0.717, 1.165) is 0 Å². The van der Waals surface area contributed by atoms with E-state index in [-0.39, 0.29) is 17.6 Å². The molecule has 0 aromatic heterocycles. The molecule has 0 spiro atoms. The molecule has 1 aromatic carbocycles. The van der Waals surface area contributed by atoms with E-state index < -0.39 is 0 Å². The largest absolute Gasteiger partial charge is 0.491 e. The van der Waals surface area contributed by atoms with E-state index in [4.69, 9.17) is 4.74 Å². The summed E-state index contributed by atoms with van der Waals surface area (Å²) in [5.41, 5.74) is 0.490. The molecule has 4 heteroatoms. The third-order valence-electron chi connectivity index (χ3n) is 2.52. The smallest absolute Gasteiger partial charge is 0.233 e. The van der Waals surface area contributed by atoms with Crippen LogP contribution >= 0.6 is 0 Å². The quantitative estimate of drug-likeness (QED) is 0.652. The molecule has 0 aliphatic carbocycles. The van der Waals surface area contributed by atoms with E-state index in [2.05, 4.69) is 0 Å². The first kappa shape index (κ1) is 9.96. The van der Waals surface area contributed by atoms with Crippen LogP contribution in [0.2, 0.25) is 0 Å². The van der Waals surface area contributed by atoms with Gasteiger partial charge in [0.05, 0.1) is 18.2 Å². The summed E-state index contributed by atoms with van der Waals surface area (Å²) in [6, 6.07) is 4.19. The minimum absolute atomic E-state index is 0.0562. The molecule has 3 nitrogen and oxygen atoms in total. The maximum absolute atomic E-state index is 13.0. The Bertz CT molecular complexity index is 406. The average molecular weight is 209 g/mol. The molecular weight excluding hydrogens is 197 g/mol. The molecule has 80 valence electrons. The zero-order chi connectivity index (χ0) is 11.0. The minimum Gasteiger partial charge on any atom is -0.491 e. The van der Waals surface area contributed by atoms with Crippen molar-refractivity contribution in [3.05, 3.63) is 24.0 Å². The first-order valence-electron chi connectivity index (χ1n) is 4.79. The summed E-state index contributed by atoms with van der Waals surface area (Å²) in [5.74, 6) is -0.0760. The lowest BCUT2D eigenvalue weighted by Gasteiger charge is -2.17. The molecule has 0 saturated carbocycles. The zero-order valence-corrected chi connectivity index (χ0v) is 8.66. The van der Waals surface area contributed by atoms with Crippen LogP contribution in [0, 0.1) is 11.7 Å². The maximum Gasteiger partial charge on any atom is 0.233 e. The highest BCUT2D eigenvalue weighted by Gasteiger charge is 2.26. The molecule has 0 radical (unpaired) electrons. The van der Waals surface area contributed by atoms with Crippen molar-refractivity contribution in [2.24, 2.45) is 5.92 Å². The second-order valence-electron chi connectivity index (χ2n) is 3.72. The molecule has 1 aliphatic rings. The Balaban J connectivity index is 2.48. The van der Waals surface area contributed by atoms with Crippen LogP contribution in [0.4, 0.5) is 10.1 Å². The van der Waals surface area contributed by atoms with E-state index in [0.29, 0.717) is 18.0 Å². The van der Waals surface area contributed by atoms with Crippen molar-refractivity contribution in [2.75, 3.05) is 18.6 Å². The Labute approximate surface area is 87.5 Å². The number of rotatable bonds is 0. The van der Waals surface area contributed by atoms with Gasteiger partial charge in [-0.3, -0.25) is 4.79 Å². The second kappa shape index (κ2) is 3.53. The van der Waals surface area contributed by atoms with Gasteiger partial charge in [-0.05, 0) is 12.1 Å². The average Bonchev–Trinajstić information content (AvgIpc) is 2.32. The Morgan fingerprint density at radius 3 is 3.00 bits per heavy atom. The normalized spacial score (nSPS) is 20.6.